The van der Waals surface area contributed by atoms with Gasteiger partial charge in [-0.15, -0.1) is 0 Å². The van der Waals surface area contributed by atoms with E-state index in [1.54, 1.807) is 26.4 Å². The Hall–Kier alpha value is -3.51. The molecule has 0 aliphatic heterocycles. The van der Waals surface area contributed by atoms with Crippen LogP contribution in [0.5, 0.6) is 23.0 Å². The molecule has 0 atom stereocenters. The zero-order valence-corrected chi connectivity index (χ0v) is 16.6. The zero-order valence-electron chi connectivity index (χ0n) is 15.8. The molecule has 0 saturated carbocycles. The van der Waals surface area contributed by atoms with E-state index in [4.69, 9.17) is 25.8 Å². The first-order chi connectivity index (χ1) is 14.2. The summed E-state index contributed by atoms with van der Waals surface area (Å²) in [5.41, 5.74) is 1.62. The first-order valence-electron chi connectivity index (χ1n) is 8.83. The van der Waals surface area contributed by atoms with Gasteiger partial charge in [0.1, 0.15) is 23.6 Å². The van der Waals surface area contributed by atoms with Crippen molar-refractivity contribution < 1.29 is 14.2 Å². The molecule has 0 aliphatic rings. The quantitative estimate of drug-likeness (QED) is 0.433. The van der Waals surface area contributed by atoms with Crippen molar-refractivity contribution in [2.75, 3.05) is 19.5 Å². The first kappa shape index (κ1) is 18.8. The fourth-order valence-electron chi connectivity index (χ4n) is 2.86. The van der Waals surface area contributed by atoms with E-state index in [2.05, 4.69) is 15.3 Å². The minimum absolute atomic E-state index is 0.615. The van der Waals surface area contributed by atoms with Crippen LogP contribution in [0.3, 0.4) is 0 Å². The smallest absolute Gasteiger partial charge is 0.162 e. The lowest BCUT2D eigenvalue weighted by Crippen LogP contribution is -1.98. The molecule has 7 heteroatoms. The van der Waals surface area contributed by atoms with Crippen molar-refractivity contribution in [2.24, 2.45) is 0 Å². The molecule has 1 aromatic heterocycles. The molecule has 0 fully saturated rings. The van der Waals surface area contributed by atoms with Crippen LogP contribution in [0.1, 0.15) is 0 Å². The third-order valence-electron chi connectivity index (χ3n) is 4.31. The zero-order chi connectivity index (χ0) is 20.2. The van der Waals surface area contributed by atoms with Crippen molar-refractivity contribution in [1.82, 2.24) is 9.97 Å². The minimum Gasteiger partial charge on any atom is -0.493 e. The lowest BCUT2D eigenvalue weighted by atomic mass is 10.2. The third kappa shape index (κ3) is 4.17. The van der Waals surface area contributed by atoms with Crippen LogP contribution in [0.15, 0.2) is 67.0 Å². The summed E-state index contributed by atoms with van der Waals surface area (Å²) >= 11 is 5.90. The van der Waals surface area contributed by atoms with Gasteiger partial charge in [0, 0.05) is 22.2 Å². The largest absolute Gasteiger partial charge is 0.493 e. The molecule has 0 aliphatic carbocycles. The molecule has 0 radical (unpaired) electrons. The number of halogens is 1. The maximum absolute atomic E-state index is 5.90. The normalized spacial score (nSPS) is 10.6. The second-order valence-corrected chi connectivity index (χ2v) is 6.59. The van der Waals surface area contributed by atoms with Crippen LogP contribution in [0.4, 0.5) is 11.5 Å². The van der Waals surface area contributed by atoms with Gasteiger partial charge in [0.2, 0.25) is 0 Å². The number of aromatic nitrogens is 2. The van der Waals surface area contributed by atoms with Crippen LogP contribution >= 0.6 is 11.6 Å². The molecule has 0 saturated heterocycles. The number of ether oxygens (including phenoxy) is 3. The molecule has 3 aromatic carbocycles. The van der Waals surface area contributed by atoms with Crippen LogP contribution in [0.2, 0.25) is 5.02 Å². The van der Waals surface area contributed by atoms with Crippen LogP contribution in [0, 0.1) is 0 Å². The van der Waals surface area contributed by atoms with Gasteiger partial charge in [-0.25, -0.2) is 9.97 Å². The molecule has 0 amide bonds. The van der Waals surface area contributed by atoms with Gasteiger partial charge in [0.15, 0.2) is 11.5 Å². The van der Waals surface area contributed by atoms with Crippen molar-refractivity contribution in [2.45, 2.75) is 0 Å². The van der Waals surface area contributed by atoms with E-state index in [0.717, 1.165) is 28.1 Å². The number of anilines is 2. The van der Waals surface area contributed by atoms with Gasteiger partial charge in [-0.2, -0.15) is 0 Å². The summed E-state index contributed by atoms with van der Waals surface area (Å²) in [6, 6.07) is 18.5. The molecular formula is C22H18ClN3O3. The second-order valence-electron chi connectivity index (χ2n) is 6.15. The highest BCUT2D eigenvalue weighted by atomic mass is 35.5. The van der Waals surface area contributed by atoms with E-state index in [9.17, 15) is 0 Å². The molecule has 0 spiro atoms. The van der Waals surface area contributed by atoms with Crippen molar-refractivity contribution >= 4 is 34.0 Å². The first-order valence-corrected chi connectivity index (χ1v) is 9.21. The highest BCUT2D eigenvalue weighted by Crippen LogP contribution is 2.34. The molecule has 4 aromatic rings. The topological polar surface area (TPSA) is 65.5 Å². The van der Waals surface area contributed by atoms with Crippen LogP contribution < -0.4 is 19.5 Å². The average Bonchev–Trinajstić information content (AvgIpc) is 2.76. The highest BCUT2D eigenvalue weighted by molar-refractivity contribution is 6.30. The van der Waals surface area contributed by atoms with Gasteiger partial charge in [-0.3, -0.25) is 0 Å². The number of nitrogens with one attached hydrogen (secondary N) is 1. The number of rotatable bonds is 6. The number of hydrogen-bond acceptors (Lipinski definition) is 6. The summed E-state index contributed by atoms with van der Waals surface area (Å²) in [6.45, 7) is 0. The van der Waals surface area contributed by atoms with Crippen LogP contribution in [-0.2, 0) is 0 Å². The summed E-state index contributed by atoms with van der Waals surface area (Å²) in [5.74, 6) is 3.34. The summed E-state index contributed by atoms with van der Waals surface area (Å²) < 4.78 is 16.6. The highest BCUT2D eigenvalue weighted by Gasteiger charge is 2.11. The Labute approximate surface area is 173 Å². The number of benzene rings is 3. The molecule has 0 unspecified atom stereocenters. The number of hydrogen-bond donors (Lipinski definition) is 1. The summed E-state index contributed by atoms with van der Waals surface area (Å²) in [7, 11) is 3.19. The van der Waals surface area contributed by atoms with Crippen molar-refractivity contribution in [3.63, 3.8) is 0 Å². The standard InChI is InChI=1S/C22H18ClN3O3/c1-27-20-11-18-19(12-21(20)28-2)24-13-25-22(18)26-15-5-9-17(10-6-15)29-16-7-3-14(23)4-8-16/h3-13H,1-2H3,(H,24,25,26). The van der Waals surface area contributed by atoms with Crippen molar-refractivity contribution in [1.29, 1.82) is 0 Å². The maximum Gasteiger partial charge on any atom is 0.162 e. The SMILES string of the molecule is COc1cc2ncnc(Nc3ccc(Oc4ccc(Cl)cc4)cc3)c2cc1OC. The molecule has 6 nitrogen and oxygen atoms in total. The Morgan fingerprint density at radius 3 is 2.07 bits per heavy atom. The Balaban J connectivity index is 1.57. The van der Waals surface area contributed by atoms with E-state index in [1.165, 1.54) is 6.33 Å². The molecule has 0 bridgehead atoms. The van der Waals surface area contributed by atoms with E-state index in [-0.39, 0.29) is 0 Å². The molecule has 1 N–H and O–H groups in total. The van der Waals surface area contributed by atoms with Gasteiger partial charge < -0.3 is 19.5 Å². The van der Waals surface area contributed by atoms with Gasteiger partial charge >= 0.3 is 0 Å². The fourth-order valence-corrected chi connectivity index (χ4v) is 2.99. The molecule has 1 heterocycles. The van der Waals surface area contributed by atoms with Gasteiger partial charge in [-0.05, 0) is 54.6 Å². The minimum atomic E-state index is 0.615. The Morgan fingerprint density at radius 2 is 1.41 bits per heavy atom. The van der Waals surface area contributed by atoms with E-state index in [0.29, 0.717) is 22.3 Å². The van der Waals surface area contributed by atoms with E-state index in [1.807, 2.05) is 48.5 Å². The Bertz CT molecular complexity index is 1130. The predicted molar refractivity (Wildman–Crippen MR) is 114 cm³/mol. The van der Waals surface area contributed by atoms with Gasteiger partial charge in [0.25, 0.3) is 0 Å². The van der Waals surface area contributed by atoms with Crippen molar-refractivity contribution in [3.8, 4) is 23.0 Å². The summed E-state index contributed by atoms with van der Waals surface area (Å²) in [4.78, 5) is 8.69. The van der Waals surface area contributed by atoms with Crippen LogP contribution in [-0.4, -0.2) is 24.2 Å². The fraction of sp³-hybridized carbons (Fsp3) is 0.0909. The average molecular weight is 408 g/mol. The monoisotopic (exact) mass is 407 g/mol. The van der Waals surface area contributed by atoms with Gasteiger partial charge in [-0.1, -0.05) is 11.6 Å². The lowest BCUT2D eigenvalue weighted by Gasteiger charge is -2.12. The molecular weight excluding hydrogens is 390 g/mol. The molecule has 4 rings (SSSR count). The lowest BCUT2D eigenvalue weighted by molar-refractivity contribution is 0.356. The number of fused-ring (bicyclic) bond motifs is 1. The third-order valence-corrected chi connectivity index (χ3v) is 4.56. The van der Waals surface area contributed by atoms with E-state index >= 15 is 0 Å². The Morgan fingerprint density at radius 1 is 0.793 bits per heavy atom. The maximum atomic E-state index is 5.90. The molecule has 29 heavy (non-hydrogen) atoms. The van der Waals surface area contributed by atoms with Crippen molar-refractivity contribution in [3.05, 3.63) is 72.0 Å². The number of methoxy groups -OCH3 is 2. The van der Waals surface area contributed by atoms with Crippen LogP contribution in [0.25, 0.3) is 10.9 Å². The molecule has 146 valence electrons. The van der Waals surface area contributed by atoms with Gasteiger partial charge in [0.05, 0.1) is 19.7 Å². The summed E-state index contributed by atoms with van der Waals surface area (Å²) in [5, 5.41) is 4.81. The van der Waals surface area contributed by atoms with E-state index < -0.39 is 0 Å². The summed E-state index contributed by atoms with van der Waals surface area (Å²) in [6.07, 6.45) is 1.51. The second kappa shape index (κ2) is 8.24. The predicted octanol–water partition coefficient (Wildman–Crippen LogP) is 5.84. The number of nitrogens with zero attached hydrogens (tertiary/aromatic N) is 2. The Kier molecular flexibility index (Phi) is 5.35.